The predicted octanol–water partition coefficient (Wildman–Crippen LogP) is -0.195. The van der Waals surface area contributed by atoms with E-state index >= 15 is 0 Å². The fraction of sp³-hybridized carbons (Fsp3) is 1.00. The number of rotatable bonds is 1. The molecule has 0 aromatic rings. The van der Waals surface area contributed by atoms with E-state index < -0.39 is 0 Å². The van der Waals surface area contributed by atoms with Gasteiger partial charge in [0.05, 0.1) is 6.10 Å². The lowest BCUT2D eigenvalue weighted by Crippen LogP contribution is -2.45. The number of nitrogens with one attached hydrogen (secondary N) is 1. The van der Waals surface area contributed by atoms with Gasteiger partial charge < -0.3 is 10.4 Å². The summed E-state index contributed by atoms with van der Waals surface area (Å²) in [6.45, 7) is 4.35. The lowest BCUT2D eigenvalue weighted by atomic mass is 10.1. The zero-order chi connectivity index (χ0) is 8.39. The zero-order valence-corrected chi connectivity index (χ0v) is 7.50. The van der Waals surface area contributed by atoms with E-state index in [1.807, 2.05) is 0 Å². The van der Waals surface area contributed by atoms with Crippen LogP contribution in [0.5, 0.6) is 0 Å². The summed E-state index contributed by atoms with van der Waals surface area (Å²) >= 11 is 0. The number of nitrogens with zero attached hydrogens (tertiary/aromatic N) is 1. The molecule has 0 radical (unpaired) electrons. The molecule has 2 N–H and O–H groups in total. The summed E-state index contributed by atoms with van der Waals surface area (Å²) in [6.07, 6.45) is 3.35. The van der Waals surface area contributed by atoms with Crippen molar-refractivity contribution in [2.24, 2.45) is 0 Å². The van der Waals surface area contributed by atoms with Crippen molar-refractivity contribution >= 4 is 0 Å². The quantitative estimate of drug-likeness (QED) is 0.572. The van der Waals surface area contributed by atoms with Gasteiger partial charge in [-0.05, 0) is 32.4 Å². The summed E-state index contributed by atoms with van der Waals surface area (Å²) in [6, 6.07) is 0.694. The van der Waals surface area contributed by atoms with Crippen molar-refractivity contribution in [1.82, 2.24) is 10.2 Å². The second-order valence-electron chi connectivity index (χ2n) is 3.94. The Morgan fingerprint density at radius 3 is 2.92 bits per heavy atom. The van der Waals surface area contributed by atoms with Crippen molar-refractivity contribution in [1.29, 1.82) is 0 Å². The molecular formula is C9H18N2O. The maximum absolute atomic E-state index is 9.48. The van der Waals surface area contributed by atoms with Gasteiger partial charge >= 0.3 is 0 Å². The van der Waals surface area contributed by atoms with Crippen molar-refractivity contribution in [3.8, 4) is 0 Å². The molecule has 0 spiro atoms. The number of β-amino-alcohol motifs (C(OH)–C–C–N with tert-alkyl or cyclic N) is 1. The lowest BCUT2D eigenvalue weighted by Gasteiger charge is -2.34. The van der Waals surface area contributed by atoms with Gasteiger partial charge in [0.25, 0.3) is 0 Å². The molecule has 2 fully saturated rings. The van der Waals surface area contributed by atoms with Crippen LogP contribution in [0, 0.1) is 0 Å². The summed E-state index contributed by atoms with van der Waals surface area (Å²) in [5.74, 6) is 0. The Bertz CT molecular complexity index is 145. The Morgan fingerprint density at radius 2 is 2.25 bits per heavy atom. The van der Waals surface area contributed by atoms with E-state index in [9.17, 15) is 5.11 Å². The minimum absolute atomic E-state index is 0.0700. The Hall–Kier alpha value is -0.120. The van der Waals surface area contributed by atoms with Gasteiger partial charge in [0, 0.05) is 19.1 Å². The van der Waals surface area contributed by atoms with E-state index in [2.05, 4.69) is 10.2 Å². The monoisotopic (exact) mass is 170 g/mol. The maximum atomic E-state index is 9.48. The average molecular weight is 170 g/mol. The normalized spacial score (nSPS) is 38.8. The molecule has 2 aliphatic heterocycles. The number of hydrogen-bond acceptors (Lipinski definition) is 3. The van der Waals surface area contributed by atoms with Gasteiger partial charge in [-0.25, -0.2) is 0 Å². The van der Waals surface area contributed by atoms with Gasteiger partial charge in [0.15, 0.2) is 0 Å². The number of piperidine rings is 1. The third-order valence-corrected chi connectivity index (χ3v) is 2.98. The summed E-state index contributed by atoms with van der Waals surface area (Å²) in [4.78, 5) is 2.44. The van der Waals surface area contributed by atoms with Crippen LogP contribution in [0.3, 0.4) is 0 Å². The standard InChI is InChI=1S/C9H18N2O/c12-9-2-1-5-11(7-9)8-3-4-10-6-8/h8-10,12H,1-7H2/t8-,9-/m1/s1. The van der Waals surface area contributed by atoms with Crippen molar-refractivity contribution in [2.45, 2.75) is 31.4 Å². The van der Waals surface area contributed by atoms with Crippen LogP contribution in [-0.2, 0) is 0 Å². The Kier molecular flexibility index (Phi) is 2.63. The summed E-state index contributed by atoms with van der Waals surface area (Å²) in [5.41, 5.74) is 0. The highest BCUT2D eigenvalue weighted by molar-refractivity contribution is 4.84. The van der Waals surface area contributed by atoms with Crippen LogP contribution in [0.4, 0.5) is 0 Å². The third-order valence-electron chi connectivity index (χ3n) is 2.98. The maximum Gasteiger partial charge on any atom is 0.0667 e. The van der Waals surface area contributed by atoms with Gasteiger partial charge in [0.1, 0.15) is 0 Å². The molecule has 3 nitrogen and oxygen atoms in total. The topological polar surface area (TPSA) is 35.5 Å². The molecule has 2 heterocycles. The highest BCUT2D eigenvalue weighted by atomic mass is 16.3. The molecule has 0 amide bonds. The molecule has 2 rings (SSSR count). The van der Waals surface area contributed by atoms with E-state index in [0.717, 1.165) is 32.5 Å². The molecule has 0 unspecified atom stereocenters. The molecule has 3 heteroatoms. The largest absolute Gasteiger partial charge is 0.392 e. The second-order valence-corrected chi connectivity index (χ2v) is 3.94. The molecule has 2 saturated heterocycles. The van der Waals surface area contributed by atoms with Crippen LogP contribution in [-0.4, -0.2) is 48.3 Å². The first kappa shape index (κ1) is 8.48. The smallest absolute Gasteiger partial charge is 0.0667 e. The Morgan fingerprint density at radius 1 is 1.33 bits per heavy atom. The van der Waals surface area contributed by atoms with Crippen LogP contribution in [0.25, 0.3) is 0 Å². The number of likely N-dealkylation sites (tertiary alicyclic amines) is 1. The summed E-state index contributed by atoms with van der Waals surface area (Å²) in [7, 11) is 0. The molecule has 0 aromatic carbocycles. The fourth-order valence-corrected chi connectivity index (χ4v) is 2.27. The molecule has 2 atom stereocenters. The van der Waals surface area contributed by atoms with Crippen LogP contribution >= 0.6 is 0 Å². The zero-order valence-electron chi connectivity index (χ0n) is 7.50. The molecule has 0 aromatic heterocycles. The Balaban J connectivity index is 1.85. The first-order chi connectivity index (χ1) is 5.86. The Labute approximate surface area is 73.8 Å². The van der Waals surface area contributed by atoms with Crippen LogP contribution < -0.4 is 5.32 Å². The van der Waals surface area contributed by atoms with Gasteiger partial charge in [0.2, 0.25) is 0 Å². The molecular weight excluding hydrogens is 152 g/mol. The minimum Gasteiger partial charge on any atom is -0.392 e. The minimum atomic E-state index is -0.0700. The van der Waals surface area contributed by atoms with E-state index in [1.54, 1.807) is 0 Å². The van der Waals surface area contributed by atoms with Crippen molar-refractivity contribution in [2.75, 3.05) is 26.2 Å². The molecule has 0 bridgehead atoms. The molecule has 70 valence electrons. The van der Waals surface area contributed by atoms with Crippen molar-refractivity contribution in [3.63, 3.8) is 0 Å². The SMILES string of the molecule is O[C@@H]1CCCN([C@@H]2CCNC2)C1. The lowest BCUT2D eigenvalue weighted by molar-refractivity contribution is 0.0509. The van der Waals surface area contributed by atoms with Gasteiger partial charge in [-0.1, -0.05) is 0 Å². The van der Waals surface area contributed by atoms with E-state index in [4.69, 9.17) is 0 Å². The van der Waals surface area contributed by atoms with Crippen LogP contribution in [0.1, 0.15) is 19.3 Å². The number of hydrogen-bond donors (Lipinski definition) is 2. The van der Waals surface area contributed by atoms with Crippen LogP contribution in [0.2, 0.25) is 0 Å². The van der Waals surface area contributed by atoms with Gasteiger partial charge in [-0.2, -0.15) is 0 Å². The van der Waals surface area contributed by atoms with Gasteiger partial charge in [-0.3, -0.25) is 4.90 Å². The summed E-state index contributed by atoms with van der Waals surface area (Å²) in [5, 5.41) is 12.8. The fourth-order valence-electron chi connectivity index (χ4n) is 2.27. The van der Waals surface area contributed by atoms with Crippen molar-refractivity contribution in [3.05, 3.63) is 0 Å². The average Bonchev–Trinajstić information content (AvgIpc) is 2.56. The van der Waals surface area contributed by atoms with Crippen LogP contribution in [0.15, 0.2) is 0 Å². The first-order valence-corrected chi connectivity index (χ1v) is 4.99. The highest BCUT2D eigenvalue weighted by Gasteiger charge is 2.26. The predicted molar refractivity (Wildman–Crippen MR) is 48.1 cm³/mol. The first-order valence-electron chi connectivity index (χ1n) is 4.99. The molecule has 0 aliphatic carbocycles. The van der Waals surface area contributed by atoms with E-state index in [-0.39, 0.29) is 6.10 Å². The van der Waals surface area contributed by atoms with E-state index in [1.165, 1.54) is 13.0 Å². The molecule has 2 aliphatic rings. The number of aliphatic hydroxyl groups excluding tert-OH is 1. The summed E-state index contributed by atoms with van der Waals surface area (Å²) < 4.78 is 0. The van der Waals surface area contributed by atoms with E-state index in [0.29, 0.717) is 6.04 Å². The molecule has 0 saturated carbocycles. The van der Waals surface area contributed by atoms with Gasteiger partial charge in [-0.15, -0.1) is 0 Å². The third kappa shape index (κ3) is 1.79. The highest BCUT2D eigenvalue weighted by Crippen LogP contribution is 2.16. The molecule has 12 heavy (non-hydrogen) atoms. The second kappa shape index (κ2) is 3.73. The number of aliphatic hydroxyl groups is 1. The van der Waals surface area contributed by atoms with Crippen molar-refractivity contribution < 1.29 is 5.11 Å².